The third-order valence-electron chi connectivity index (χ3n) is 6.43. The maximum Gasteiger partial charge on any atom is 0.412 e. The third-order valence-corrected chi connectivity index (χ3v) is 6.43. The fraction of sp³-hybridized carbons (Fsp3) is 0.462. The zero-order valence-corrected chi connectivity index (χ0v) is 20.9. The second kappa shape index (κ2) is 11.7. The van der Waals surface area contributed by atoms with Crippen molar-refractivity contribution >= 4 is 23.4 Å². The van der Waals surface area contributed by atoms with Crippen LogP contribution in [-0.4, -0.2) is 68.4 Å². The van der Waals surface area contributed by atoms with Crippen LogP contribution in [0, 0.1) is 0 Å². The number of ether oxygens (including phenoxy) is 3. The normalized spacial score (nSPS) is 23.2. The van der Waals surface area contributed by atoms with E-state index < -0.39 is 36.0 Å². The fourth-order valence-electron chi connectivity index (χ4n) is 4.37. The van der Waals surface area contributed by atoms with E-state index in [1.54, 1.807) is 19.1 Å². The van der Waals surface area contributed by atoms with Crippen LogP contribution >= 0.6 is 0 Å². The molecular formula is C26H32N4O7. The molecule has 11 heteroatoms. The molecule has 1 aliphatic heterocycles. The number of aliphatic hydroxyl groups is 2. The van der Waals surface area contributed by atoms with Crippen molar-refractivity contribution in [3.63, 3.8) is 0 Å². The van der Waals surface area contributed by atoms with Crippen LogP contribution in [0.3, 0.4) is 0 Å². The minimum Gasteiger partial charge on any atom is -0.463 e. The zero-order chi connectivity index (χ0) is 26.4. The Kier molecular flexibility index (Phi) is 8.37. The first kappa shape index (κ1) is 26.5. The first-order chi connectivity index (χ1) is 17.8. The molecule has 0 radical (unpaired) electrons. The number of aliphatic hydroxyl groups excluding tert-OH is 2. The lowest BCUT2D eigenvalue weighted by molar-refractivity contribution is -0.151. The van der Waals surface area contributed by atoms with Gasteiger partial charge in [-0.25, -0.2) is 14.3 Å². The largest absolute Gasteiger partial charge is 0.463 e. The van der Waals surface area contributed by atoms with Crippen molar-refractivity contribution in [3.8, 4) is 0 Å². The Bertz CT molecular complexity index is 1220. The van der Waals surface area contributed by atoms with E-state index in [2.05, 4.69) is 22.3 Å². The molecule has 1 saturated heterocycles. The maximum atomic E-state index is 12.3. The van der Waals surface area contributed by atoms with E-state index in [0.717, 1.165) is 24.8 Å². The summed E-state index contributed by atoms with van der Waals surface area (Å²) >= 11 is 0. The van der Waals surface area contributed by atoms with E-state index in [0.29, 0.717) is 17.8 Å². The summed E-state index contributed by atoms with van der Waals surface area (Å²) in [5.41, 5.74) is 0.300. The van der Waals surface area contributed by atoms with E-state index in [1.165, 1.54) is 10.8 Å². The van der Waals surface area contributed by atoms with Gasteiger partial charge < -0.3 is 24.4 Å². The topological polar surface area (TPSA) is 145 Å². The number of carbonyl (C=O) groups is 2. The van der Waals surface area contributed by atoms with Crippen LogP contribution in [0.15, 0.2) is 48.8 Å². The number of carbonyl (C=O) groups excluding carboxylic acids is 2. The molecule has 198 valence electrons. The highest BCUT2D eigenvalue weighted by Gasteiger charge is 2.54. The number of hydrogen-bond donors (Lipinski definition) is 3. The summed E-state index contributed by atoms with van der Waals surface area (Å²) in [6, 6.07) is 12.5. The second-order valence-electron chi connectivity index (χ2n) is 9.14. The lowest BCUT2D eigenvalue weighted by Crippen LogP contribution is -2.39. The number of rotatable bonds is 10. The van der Waals surface area contributed by atoms with Crippen LogP contribution in [0.4, 0.5) is 10.6 Å². The van der Waals surface area contributed by atoms with Gasteiger partial charge in [-0.1, -0.05) is 50.1 Å². The molecular weight excluding hydrogens is 480 g/mol. The van der Waals surface area contributed by atoms with Gasteiger partial charge in [0.2, 0.25) is 0 Å². The van der Waals surface area contributed by atoms with Crippen molar-refractivity contribution in [1.82, 2.24) is 14.6 Å². The number of benzene rings is 1. The molecule has 2 aromatic heterocycles. The van der Waals surface area contributed by atoms with Crippen molar-refractivity contribution < 1.29 is 34.0 Å². The number of anilines is 1. The van der Waals surface area contributed by atoms with Gasteiger partial charge in [0.1, 0.15) is 42.4 Å². The summed E-state index contributed by atoms with van der Waals surface area (Å²) in [5.74, 6) is -0.243. The average molecular weight is 513 g/mol. The predicted octanol–water partition coefficient (Wildman–Crippen LogP) is 2.59. The molecule has 1 amide bonds. The van der Waals surface area contributed by atoms with Gasteiger partial charge in [-0.05, 0) is 31.0 Å². The summed E-state index contributed by atoms with van der Waals surface area (Å²) in [6.07, 6.45) is -0.130. The smallest absolute Gasteiger partial charge is 0.412 e. The average Bonchev–Trinajstić information content (AvgIpc) is 3.43. The van der Waals surface area contributed by atoms with Crippen LogP contribution in [0.5, 0.6) is 0 Å². The molecule has 0 aliphatic carbocycles. The molecule has 3 N–H and O–H groups in total. The molecule has 4 rings (SSSR count). The standard InChI is InChI=1S/C26H32N4O7/c1-3-4-8-13-35-25(34)29-24-18-11-12-20(30(18)28-16-27-24)26(2)23(33)22(32)19(37-26)15-36-21(31)14-17-9-6-5-7-10-17/h5-7,9-12,16,19,22-23,32-33H,3-4,8,13-15H2,1-2H3,(H,27,28,29,34)/t19-,22-,23-,26+/m1/s1. The quantitative estimate of drug-likeness (QED) is 0.276. The van der Waals surface area contributed by atoms with E-state index in [1.807, 2.05) is 30.3 Å². The minimum absolute atomic E-state index is 0.0839. The molecule has 1 fully saturated rings. The van der Waals surface area contributed by atoms with E-state index >= 15 is 0 Å². The van der Waals surface area contributed by atoms with Crippen LogP contribution < -0.4 is 5.32 Å². The molecule has 3 aromatic rings. The monoisotopic (exact) mass is 512 g/mol. The number of nitrogens with one attached hydrogen (secondary N) is 1. The van der Waals surface area contributed by atoms with Gasteiger partial charge in [0.05, 0.1) is 18.7 Å². The van der Waals surface area contributed by atoms with Gasteiger partial charge in [0.25, 0.3) is 0 Å². The second-order valence-corrected chi connectivity index (χ2v) is 9.14. The summed E-state index contributed by atoms with van der Waals surface area (Å²) in [5, 5.41) is 28.5. The van der Waals surface area contributed by atoms with Gasteiger partial charge >= 0.3 is 12.1 Å². The predicted molar refractivity (Wildman–Crippen MR) is 133 cm³/mol. The summed E-state index contributed by atoms with van der Waals surface area (Å²) in [4.78, 5) is 28.6. The lowest BCUT2D eigenvalue weighted by atomic mass is 9.93. The van der Waals surface area contributed by atoms with Crippen LogP contribution in [0.25, 0.3) is 5.52 Å². The molecule has 1 aromatic carbocycles. The van der Waals surface area contributed by atoms with Gasteiger partial charge in [-0.3, -0.25) is 10.1 Å². The number of hydrogen-bond acceptors (Lipinski definition) is 9. The first-order valence-electron chi connectivity index (χ1n) is 12.3. The highest BCUT2D eigenvalue weighted by molar-refractivity contribution is 5.88. The molecule has 4 atom stereocenters. The van der Waals surface area contributed by atoms with Crippen molar-refractivity contribution in [3.05, 3.63) is 60.0 Å². The molecule has 11 nitrogen and oxygen atoms in total. The molecule has 37 heavy (non-hydrogen) atoms. The van der Waals surface area contributed by atoms with Crippen molar-refractivity contribution in [1.29, 1.82) is 0 Å². The van der Waals surface area contributed by atoms with Crippen molar-refractivity contribution in [2.75, 3.05) is 18.5 Å². The van der Waals surface area contributed by atoms with Crippen LogP contribution in [0.1, 0.15) is 44.4 Å². The maximum absolute atomic E-state index is 12.3. The summed E-state index contributed by atoms with van der Waals surface area (Å²) in [7, 11) is 0. The van der Waals surface area contributed by atoms with E-state index in [4.69, 9.17) is 14.2 Å². The van der Waals surface area contributed by atoms with E-state index in [9.17, 15) is 19.8 Å². The van der Waals surface area contributed by atoms with Gasteiger partial charge in [0, 0.05) is 0 Å². The van der Waals surface area contributed by atoms with Crippen molar-refractivity contribution in [2.45, 2.75) is 63.4 Å². The highest BCUT2D eigenvalue weighted by atomic mass is 16.6. The summed E-state index contributed by atoms with van der Waals surface area (Å²) < 4.78 is 18.0. The fourth-order valence-corrected chi connectivity index (χ4v) is 4.37. The lowest BCUT2D eigenvalue weighted by Gasteiger charge is -2.27. The number of unbranched alkanes of at least 4 members (excludes halogenated alkanes) is 2. The Morgan fingerprint density at radius 3 is 2.68 bits per heavy atom. The Morgan fingerprint density at radius 2 is 1.92 bits per heavy atom. The van der Waals surface area contributed by atoms with Crippen LogP contribution in [-0.2, 0) is 31.0 Å². The number of amides is 1. The van der Waals surface area contributed by atoms with Gasteiger partial charge in [-0.15, -0.1) is 0 Å². The molecule has 0 unspecified atom stereocenters. The highest BCUT2D eigenvalue weighted by Crippen LogP contribution is 2.40. The Hall–Kier alpha value is -3.54. The van der Waals surface area contributed by atoms with Crippen LogP contribution in [0.2, 0.25) is 0 Å². The number of esters is 1. The number of nitrogens with zero attached hydrogens (tertiary/aromatic N) is 3. The van der Waals surface area contributed by atoms with E-state index in [-0.39, 0.29) is 18.8 Å². The summed E-state index contributed by atoms with van der Waals surface area (Å²) in [6.45, 7) is 3.76. The first-order valence-corrected chi connectivity index (χ1v) is 12.3. The molecule has 0 bridgehead atoms. The number of aromatic nitrogens is 3. The molecule has 3 heterocycles. The Balaban J connectivity index is 1.44. The molecule has 0 spiro atoms. The van der Waals surface area contributed by atoms with Crippen molar-refractivity contribution in [2.24, 2.45) is 0 Å². The van der Waals surface area contributed by atoms with Gasteiger partial charge in [-0.2, -0.15) is 5.10 Å². The zero-order valence-electron chi connectivity index (χ0n) is 20.9. The van der Waals surface area contributed by atoms with Gasteiger partial charge in [0.15, 0.2) is 5.82 Å². The minimum atomic E-state index is -1.38. The Morgan fingerprint density at radius 1 is 1.14 bits per heavy atom. The Labute approximate surface area is 214 Å². The molecule has 1 aliphatic rings. The molecule has 0 saturated carbocycles. The number of fused-ring (bicyclic) bond motifs is 1. The third kappa shape index (κ3) is 5.90. The SMILES string of the molecule is CCCCCOC(=O)Nc1ncnn2c([C@]3(C)O[C@H](COC(=O)Cc4ccccc4)[C@@H](O)[C@H]3O)ccc12.